The van der Waals surface area contributed by atoms with Crippen molar-refractivity contribution in [1.82, 2.24) is 4.98 Å². The van der Waals surface area contributed by atoms with Crippen molar-refractivity contribution in [1.29, 1.82) is 0 Å². The second-order valence-electron chi connectivity index (χ2n) is 3.12. The van der Waals surface area contributed by atoms with Crippen LogP contribution in [0.4, 0.5) is 0 Å². The van der Waals surface area contributed by atoms with Gasteiger partial charge < -0.3 is 10.5 Å². The summed E-state index contributed by atoms with van der Waals surface area (Å²) in [7, 11) is 1.65. The fourth-order valence-corrected chi connectivity index (χ4v) is 2.01. The third-order valence-electron chi connectivity index (χ3n) is 2.19. The summed E-state index contributed by atoms with van der Waals surface area (Å²) in [6.07, 6.45) is 1.77. The van der Waals surface area contributed by atoms with E-state index in [1.54, 1.807) is 24.6 Å². The molecule has 15 heavy (non-hydrogen) atoms. The SMILES string of the molecule is COc1ccc(C(N)c2nccs2)cc1. The Morgan fingerprint density at radius 2 is 2.07 bits per heavy atom. The fourth-order valence-electron chi connectivity index (χ4n) is 1.34. The van der Waals surface area contributed by atoms with Crippen molar-refractivity contribution >= 4 is 11.3 Å². The van der Waals surface area contributed by atoms with Gasteiger partial charge in [0.1, 0.15) is 10.8 Å². The first-order chi connectivity index (χ1) is 7.31. The van der Waals surface area contributed by atoms with Crippen LogP contribution < -0.4 is 10.5 Å². The summed E-state index contributed by atoms with van der Waals surface area (Å²) in [5.41, 5.74) is 7.11. The van der Waals surface area contributed by atoms with Crippen LogP contribution in [0, 0.1) is 0 Å². The molecule has 2 rings (SSSR count). The van der Waals surface area contributed by atoms with Gasteiger partial charge in [0, 0.05) is 11.6 Å². The van der Waals surface area contributed by atoms with Gasteiger partial charge in [-0.1, -0.05) is 12.1 Å². The molecule has 0 saturated heterocycles. The van der Waals surface area contributed by atoms with E-state index in [-0.39, 0.29) is 6.04 Å². The Bertz CT molecular complexity index is 411. The topological polar surface area (TPSA) is 48.1 Å². The molecule has 3 nitrogen and oxygen atoms in total. The Labute approximate surface area is 92.5 Å². The van der Waals surface area contributed by atoms with E-state index in [1.807, 2.05) is 29.6 Å². The smallest absolute Gasteiger partial charge is 0.118 e. The lowest BCUT2D eigenvalue weighted by molar-refractivity contribution is 0.414. The van der Waals surface area contributed by atoms with Crippen molar-refractivity contribution < 1.29 is 4.74 Å². The van der Waals surface area contributed by atoms with E-state index in [0.717, 1.165) is 16.3 Å². The molecule has 1 atom stereocenters. The number of thiazole rings is 1. The van der Waals surface area contributed by atoms with E-state index in [2.05, 4.69) is 4.98 Å². The van der Waals surface area contributed by atoms with Gasteiger partial charge in [-0.15, -0.1) is 11.3 Å². The molecule has 1 heterocycles. The first-order valence-electron chi connectivity index (χ1n) is 4.60. The number of benzene rings is 1. The highest BCUT2D eigenvalue weighted by Gasteiger charge is 2.10. The lowest BCUT2D eigenvalue weighted by Gasteiger charge is -2.09. The van der Waals surface area contributed by atoms with Gasteiger partial charge in [-0.05, 0) is 17.7 Å². The van der Waals surface area contributed by atoms with E-state index in [1.165, 1.54) is 0 Å². The third-order valence-corrected chi connectivity index (χ3v) is 3.05. The number of aromatic nitrogens is 1. The normalized spacial score (nSPS) is 12.4. The maximum absolute atomic E-state index is 6.06. The van der Waals surface area contributed by atoms with Crippen molar-refractivity contribution in [2.24, 2.45) is 5.73 Å². The number of nitrogens with two attached hydrogens (primary N) is 1. The first kappa shape index (κ1) is 10.1. The van der Waals surface area contributed by atoms with Crippen molar-refractivity contribution in [2.75, 3.05) is 7.11 Å². The van der Waals surface area contributed by atoms with Crippen LogP contribution in [0.15, 0.2) is 35.8 Å². The van der Waals surface area contributed by atoms with E-state index in [0.29, 0.717) is 0 Å². The molecule has 0 aliphatic carbocycles. The van der Waals surface area contributed by atoms with Crippen molar-refractivity contribution in [3.05, 3.63) is 46.4 Å². The molecule has 4 heteroatoms. The summed E-state index contributed by atoms with van der Waals surface area (Å²) < 4.78 is 5.09. The summed E-state index contributed by atoms with van der Waals surface area (Å²) in [4.78, 5) is 4.20. The molecule has 0 fully saturated rings. The standard InChI is InChI=1S/C11H12N2OS/c1-14-9-4-2-8(3-5-9)10(12)11-13-6-7-15-11/h2-7,10H,12H2,1H3. The summed E-state index contributed by atoms with van der Waals surface area (Å²) in [5, 5.41) is 2.86. The van der Waals surface area contributed by atoms with Gasteiger partial charge in [0.25, 0.3) is 0 Å². The number of methoxy groups -OCH3 is 1. The number of hydrogen-bond acceptors (Lipinski definition) is 4. The van der Waals surface area contributed by atoms with Crippen LogP contribution in [0.25, 0.3) is 0 Å². The summed E-state index contributed by atoms with van der Waals surface area (Å²) in [6.45, 7) is 0. The zero-order chi connectivity index (χ0) is 10.7. The van der Waals surface area contributed by atoms with E-state index in [4.69, 9.17) is 10.5 Å². The Morgan fingerprint density at radius 1 is 1.33 bits per heavy atom. The summed E-state index contributed by atoms with van der Waals surface area (Å²) in [6, 6.07) is 7.59. The lowest BCUT2D eigenvalue weighted by atomic mass is 10.1. The molecule has 0 bridgehead atoms. The first-order valence-corrected chi connectivity index (χ1v) is 5.48. The molecule has 1 aromatic heterocycles. The van der Waals surface area contributed by atoms with Gasteiger partial charge in [-0.2, -0.15) is 0 Å². The van der Waals surface area contributed by atoms with E-state index < -0.39 is 0 Å². The number of ether oxygens (including phenoxy) is 1. The number of rotatable bonds is 3. The highest BCUT2D eigenvalue weighted by atomic mass is 32.1. The molecule has 0 amide bonds. The summed E-state index contributed by atoms with van der Waals surface area (Å²) in [5.74, 6) is 0.838. The highest BCUT2D eigenvalue weighted by Crippen LogP contribution is 2.23. The van der Waals surface area contributed by atoms with Crippen molar-refractivity contribution in [3.8, 4) is 5.75 Å². The molecule has 0 spiro atoms. The molecule has 78 valence electrons. The van der Waals surface area contributed by atoms with Gasteiger partial charge in [0.2, 0.25) is 0 Å². The van der Waals surface area contributed by atoms with E-state index in [9.17, 15) is 0 Å². The van der Waals surface area contributed by atoms with Gasteiger partial charge in [0.05, 0.1) is 13.2 Å². The maximum Gasteiger partial charge on any atom is 0.118 e. The average Bonchev–Trinajstić information content (AvgIpc) is 2.82. The van der Waals surface area contributed by atoms with Gasteiger partial charge in [-0.3, -0.25) is 0 Å². The van der Waals surface area contributed by atoms with Gasteiger partial charge in [-0.25, -0.2) is 4.98 Å². The third kappa shape index (κ3) is 2.16. The second kappa shape index (κ2) is 4.42. The van der Waals surface area contributed by atoms with Crippen molar-refractivity contribution in [2.45, 2.75) is 6.04 Å². The summed E-state index contributed by atoms with van der Waals surface area (Å²) >= 11 is 1.57. The Hall–Kier alpha value is -1.39. The Kier molecular flexibility index (Phi) is 2.99. The monoisotopic (exact) mass is 220 g/mol. The zero-order valence-corrected chi connectivity index (χ0v) is 9.20. The molecule has 0 aliphatic heterocycles. The minimum Gasteiger partial charge on any atom is -0.497 e. The molecule has 2 aromatic rings. The predicted molar refractivity (Wildman–Crippen MR) is 61.1 cm³/mol. The predicted octanol–water partition coefficient (Wildman–Crippen LogP) is 2.20. The highest BCUT2D eigenvalue weighted by molar-refractivity contribution is 7.09. The van der Waals surface area contributed by atoms with Crippen LogP contribution in [0.1, 0.15) is 16.6 Å². The molecule has 0 saturated carbocycles. The lowest BCUT2D eigenvalue weighted by Crippen LogP contribution is -2.11. The van der Waals surface area contributed by atoms with E-state index >= 15 is 0 Å². The fraction of sp³-hybridized carbons (Fsp3) is 0.182. The second-order valence-corrected chi connectivity index (χ2v) is 4.05. The van der Waals surface area contributed by atoms with Crippen LogP contribution in [-0.2, 0) is 0 Å². The minimum absolute atomic E-state index is 0.143. The van der Waals surface area contributed by atoms with Gasteiger partial charge in [0.15, 0.2) is 0 Å². The maximum atomic E-state index is 6.06. The molecule has 0 aliphatic rings. The quantitative estimate of drug-likeness (QED) is 0.862. The van der Waals surface area contributed by atoms with Crippen LogP contribution in [-0.4, -0.2) is 12.1 Å². The molecule has 2 N–H and O–H groups in total. The zero-order valence-electron chi connectivity index (χ0n) is 8.38. The van der Waals surface area contributed by atoms with Crippen LogP contribution in [0.3, 0.4) is 0 Å². The Morgan fingerprint density at radius 3 is 2.60 bits per heavy atom. The minimum atomic E-state index is -0.143. The van der Waals surface area contributed by atoms with Gasteiger partial charge >= 0.3 is 0 Å². The van der Waals surface area contributed by atoms with Crippen LogP contribution >= 0.6 is 11.3 Å². The Balaban J connectivity index is 2.22. The molecular formula is C11H12N2OS. The number of nitrogens with zero attached hydrogens (tertiary/aromatic N) is 1. The average molecular weight is 220 g/mol. The number of hydrogen-bond donors (Lipinski definition) is 1. The molecule has 0 radical (unpaired) electrons. The van der Waals surface area contributed by atoms with Crippen molar-refractivity contribution in [3.63, 3.8) is 0 Å². The van der Waals surface area contributed by atoms with Crippen LogP contribution in [0.2, 0.25) is 0 Å². The molecule has 1 unspecified atom stereocenters. The van der Waals surface area contributed by atoms with Crippen LogP contribution in [0.5, 0.6) is 5.75 Å². The molecular weight excluding hydrogens is 208 g/mol. The molecule has 1 aromatic carbocycles. The largest absolute Gasteiger partial charge is 0.497 e.